The lowest BCUT2D eigenvalue weighted by molar-refractivity contribution is -0.121. The van der Waals surface area contributed by atoms with Gasteiger partial charge in [0.1, 0.15) is 0 Å². The second-order valence-corrected chi connectivity index (χ2v) is 8.28. The predicted molar refractivity (Wildman–Crippen MR) is 93.5 cm³/mol. The van der Waals surface area contributed by atoms with Crippen LogP contribution in [0.1, 0.15) is 45.2 Å². The fraction of sp³-hybridized carbons (Fsp3) is 0.588. The van der Waals surface area contributed by atoms with E-state index in [1.54, 1.807) is 0 Å². The Hall–Kier alpha value is -1.40. The molecule has 5 nitrogen and oxygen atoms in total. The highest BCUT2D eigenvalue weighted by Gasteiger charge is 2.18. The van der Waals surface area contributed by atoms with Crippen molar-refractivity contribution >= 4 is 15.9 Å². The van der Waals surface area contributed by atoms with Crippen molar-refractivity contribution in [1.29, 1.82) is 0 Å². The van der Waals surface area contributed by atoms with Gasteiger partial charge in [-0.15, -0.1) is 0 Å². The Bertz CT molecular complexity index is 585. The fourth-order valence-corrected chi connectivity index (χ4v) is 3.07. The predicted octanol–water partition coefficient (Wildman–Crippen LogP) is 2.56. The first-order valence-corrected chi connectivity index (χ1v) is 9.84. The zero-order chi connectivity index (χ0) is 17.5. The van der Waals surface area contributed by atoms with Crippen molar-refractivity contribution in [3.63, 3.8) is 0 Å². The molecule has 23 heavy (non-hydrogen) atoms. The van der Waals surface area contributed by atoms with Crippen molar-refractivity contribution in [2.45, 2.75) is 39.7 Å². The van der Waals surface area contributed by atoms with E-state index < -0.39 is 10.0 Å². The van der Waals surface area contributed by atoms with Crippen molar-refractivity contribution in [1.82, 2.24) is 9.62 Å². The Morgan fingerprint density at radius 3 is 2.26 bits per heavy atom. The van der Waals surface area contributed by atoms with Crippen LogP contribution >= 0.6 is 0 Å². The van der Waals surface area contributed by atoms with Crippen LogP contribution in [0.15, 0.2) is 30.3 Å². The molecular weight excluding hydrogens is 312 g/mol. The highest BCUT2D eigenvalue weighted by molar-refractivity contribution is 7.88. The number of rotatable bonds is 9. The van der Waals surface area contributed by atoms with Crippen LogP contribution in [0.2, 0.25) is 0 Å². The summed E-state index contributed by atoms with van der Waals surface area (Å²) in [5, 5.41) is 2.91. The van der Waals surface area contributed by atoms with Crippen molar-refractivity contribution in [3.05, 3.63) is 35.9 Å². The molecule has 0 saturated heterocycles. The highest BCUT2D eigenvalue weighted by Crippen LogP contribution is 2.12. The third kappa shape index (κ3) is 7.61. The van der Waals surface area contributed by atoms with Gasteiger partial charge in [-0.05, 0) is 24.8 Å². The summed E-state index contributed by atoms with van der Waals surface area (Å²) in [6.45, 7) is 6.70. The SMILES string of the molecule is CC(C)CCN(CCC(=O)NC(C)c1ccccc1)S(C)(=O)=O. The number of hydrogen-bond donors (Lipinski definition) is 1. The average molecular weight is 340 g/mol. The smallest absolute Gasteiger partial charge is 0.221 e. The van der Waals surface area contributed by atoms with E-state index in [0.717, 1.165) is 12.0 Å². The fourth-order valence-electron chi connectivity index (χ4n) is 2.21. The van der Waals surface area contributed by atoms with Crippen molar-refractivity contribution in [3.8, 4) is 0 Å². The zero-order valence-corrected chi connectivity index (χ0v) is 15.3. The lowest BCUT2D eigenvalue weighted by Gasteiger charge is -2.21. The number of benzene rings is 1. The third-order valence-corrected chi connectivity index (χ3v) is 4.99. The lowest BCUT2D eigenvalue weighted by atomic mass is 10.1. The minimum absolute atomic E-state index is 0.0916. The molecule has 130 valence electrons. The van der Waals surface area contributed by atoms with Crippen molar-refractivity contribution < 1.29 is 13.2 Å². The molecule has 1 atom stereocenters. The van der Waals surface area contributed by atoms with Crippen molar-refractivity contribution in [2.75, 3.05) is 19.3 Å². The monoisotopic (exact) mass is 340 g/mol. The summed E-state index contributed by atoms with van der Waals surface area (Å²) in [6.07, 6.45) is 2.15. The molecule has 1 rings (SSSR count). The summed E-state index contributed by atoms with van der Waals surface area (Å²) in [4.78, 5) is 12.1. The molecule has 0 aliphatic carbocycles. The summed E-state index contributed by atoms with van der Waals surface area (Å²) in [6, 6.07) is 9.60. The Kier molecular flexibility index (Phi) is 7.72. The van der Waals surface area contributed by atoms with E-state index >= 15 is 0 Å². The summed E-state index contributed by atoms with van der Waals surface area (Å²) in [5.74, 6) is 0.283. The highest BCUT2D eigenvalue weighted by atomic mass is 32.2. The van der Waals surface area contributed by atoms with Gasteiger partial charge in [0.25, 0.3) is 0 Å². The standard InChI is InChI=1S/C17H28N2O3S/c1-14(2)10-12-19(23(4,21)22)13-11-17(20)18-15(3)16-8-6-5-7-9-16/h5-9,14-15H,10-13H2,1-4H3,(H,18,20). The number of sulfonamides is 1. The Morgan fingerprint density at radius 2 is 1.74 bits per heavy atom. The van der Waals surface area contributed by atoms with E-state index in [1.165, 1.54) is 10.6 Å². The van der Waals surface area contributed by atoms with Crippen molar-refractivity contribution in [2.24, 2.45) is 5.92 Å². The number of carbonyl (C=O) groups is 1. The number of nitrogens with one attached hydrogen (secondary N) is 1. The topological polar surface area (TPSA) is 66.5 Å². The molecule has 1 unspecified atom stereocenters. The maximum atomic E-state index is 12.1. The van der Waals surface area contributed by atoms with Crippen LogP contribution in [0, 0.1) is 5.92 Å². The van der Waals surface area contributed by atoms with Crippen LogP contribution in [0.5, 0.6) is 0 Å². The van der Waals surface area contributed by atoms with Crippen LogP contribution < -0.4 is 5.32 Å². The maximum Gasteiger partial charge on any atom is 0.221 e. The molecule has 0 aromatic heterocycles. The van der Waals surface area contributed by atoms with Gasteiger partial charge in [0.2, 0.25) is 15.9 Å². The summed E-state index contributed by atoms with van der Waals surface area (Å²) >= 11 is 0. The second kappa shape index (κ2) is 9.03. The Morgan fingerprint density at radius 1 is 1.13 bits per heavy atom. The van der Waals surface area contributed by atoms with Gasteiger partial charge >= 0.3 is 0 Å². The first kappa shape index (κ1) is 19.6. The van der Waals surface area contributed by atoms with Crippen LogP contribution in [0.4, 0.5) is 0 Å². The van der Waals surface area contributed by atoms with Gasteiger partial charge in [-0.2, -0.15) is 0 Å². The molecule has 6 heteroatoms. The minimum Gasteiger partial charge on any atom is -0.350 e. The van der Waals surface area contributed by atoms with Gasteiger partial charge in [0, 0.05) is 19.5 Å². The third-order valence-electron chi connectivity index (χ3n) is 3.69. The largest absolute Gasteiger partial charge is 0.350 e. The first-order valence-electron chi connectivity index (χ1n) is 7.99. The van der Waals surface area contributed by atoms with Crippen LogP contribution in [-0.2, 0) is 14.8 Å². The van der Waals surface area contributed by atoms with Crippen LogP contribution in [0.25, 0.3) is 0 Å². The number of nitrogens with zero attached hydrogens (tertiary/aromatic N) is 1. The molecule has 0 fully saturated rings. The van der Waals surface area contributed by atoms with Gasteiger partial charge in [0.15, 0.2) is 0 Å². The lowest BCUT2D eigenvalue weighted by Crippen LogP contribution is -2.36. The van der Waals surface area contributed by atoms with Crippen LogP contribution in [0.3, 0.4) is 0 Å². The number of carbonyl (C=O) groups excluding carboxylic acids is 1. The summed E-state index contributed by atoms with van der Waals surface area (Å²) < 4.78 is 25.0. The Labute approximate surface area is 140 Å². The molecule has 0 heterocycles. The molecule has 1 N–H and O–H groups in total. The molecule has 1 aromatic rings. The molecule has 0 saturated carbocycles. The van der Waals surface area contributed by atoms with Gasteiger partial charge in [0.05, 0.1) is 12.3 Å². The maximum absolute atomic E-state index is 12.1. The van der Waals surface area contributed by atoms with Gasteiger partial charge in [-0.1, -0.05) is 44.2 Å². The molecule has 1 aromatic carbocycles. The van der Waals surface area contributed by atoms with E-state index in [4.69, 9.17) is 0 Å². The average Bonchev–Trinajstić information content (AvgIpc) is 2.46. The number of hydrogen-bond acceptors (Lipinski definition) is 3. The first-order chi connectivity index (χ1) is 10.7. The Balaban J connectivity index is 2.52. The van der Waals surface area contributed by atoms with E-state index in [9.17, 15) is 13.2 Å². The van der Waals surface area contributed by atoms with Gasteiger partial charge in [-0.3, -0.25) is 4.79 Å². The van der Waals surface area contributed by atoms with E-state index in [-0.39, 0.29) is 24.9 Å². The second-order valence-electron chi connectivity index (χ2n) is 6.29. The quantitative estimate of drug-likeness (QED) is 0.751. The normalized spacial score (nSPS) is 13.3. The molecule has 0 spiro atoms. The van der Waals surface area contributed by atoms with Crippen LogP contribution in [-0.4, -0.2) is 38.0 Å². The summed E-state index contributed by atoms with van der Waals surface area (Å²) in [5.41, 5.74) is 1.03. The zero-order valence-electron chi connectivity index (χ0n) is 14.5. The molecule has 1 amide bonds. The van der Waals surface area contributed by atoms with Gasteiger partial charge < -0.3 is 5.32 Å². The summed E-state index contributed by atoms with van der Waals surface area (Å²) in [7, 11) is -3.28. The molecule has 0 radical (unpaired) electrons. The minimum atomic E-state index is -3.28. The molecule has 0 aliphatic rings. The van der Waals surface area contributed by atoms with Gasteiger partial charge in [-0.25, -0.2) is 12.7 Å². The molecule has 0 aliphatic heterocycles. The van der Waals surface area contributed by atoms with E-state index in [1.807, 2.05) is 37.3 Å². The molecular formula is C17H28N2O3S. The molecule has 0 bridgehead atoms. The van der Waals surface area contributed by atoms with E-state index in [0.29, 0.717) is 12.5 Å². The number of amides is 1. The van der Waals surface area contributed by atoms with E-state index in [2.05, 4.69) is 19.2 Å².